The van der Waals surface area contributed by atoms with Gasteiger partial charge in [0, 0.05) is 5.69 Å². The number of benzene rings is 1. The summed E-state index contributed by atoms with van der Waals surface area (Å²) in [7, 11) is 0. The number of nitriles is 1. The number of nitrogens with zero attached hydrogens (tertiary/aromatic N) is 2. The van der Waals surface area contributed by atoms with E-state index in [1.165, 1.54) is 4.90 Å². The first-order valence-corrected chi connectivity index (χ1v) is 6.97. The summed E-state index contributed by atoms with van der Waals surface area (Å²) in [6.45, 7) is 8.13. The topological polar surface area (TPSA) is 65.4 Å². The van der Waals surface area contributed by atoms with Gasteiger partial charge in [-0.15, -0.1) is 0 Å². The predicted molar refractivity (Wildman–Crippen MR) is 81.0 cm³/mol. The van der Waals surface area contributed by atoms with E-state index in [1.54, 1.807) is 0 Å². The van der Waals surface area contributed by atoms with Crippen LogP contribution in [-0.2, 0) is 4.74 Å². The first kappa shape index (κ1) is 15.2. The van der Waals surface area contributed by atoms with Crippen LogP contribution in [0.2, 0.25) is 0 Å². The lowest BCUT2D eigenvalue weighted by atomic mass is 9.91. The van der Waals surface area contributed by atoms with Gasteiger partial charge in [0.05, 0.1) is 19.2 Å². The van der Waals surface area contributed by atoms with Crippen molar-refractivity contribution in [3.8, 4) is 6.07 Å². The summed E-state index contributed by atoms with van der Waals surface area (Å²) in [5.41, 5.74) is 0.758. The van der Waals surface area contributed by atoms with Crippen molar-refractivity contribution in [3.63, 3.8) is 0 Å². The van der Waals surface area contributed by atoms with Gasteiger partial charge in [0.15, 0.2) is 5.54 Å². The Balaban J connectivity index is 1.98. The molecule has 1 aliphatic heterocycles. The van der Waals surface area contributed by atoms with E-state index in [0.717, 1.165) is 11.3 Å². The molecule has 0 bridgehead atoms. The predicted octanol–water partition coefficient (Wildman–Crippen LogP) is 2.92. The normalized spacial score (nSPS) is 16.6. The van der Waals surface area contributed by atoms with E-state index in [2.05, 4.69) is 11.4 Å². The summed E-state index contributed by atoms with van der Waals surface area (Å²) in [6, 6.07) is 10.1. The van der Waals surface area contributed by atoms with Crippen molar-refractivity contribution in [2.24, 2.45) is 0 Å². The van der Waals surface area contributed by atoms with Crippen molar-refractivity contribution in [2.75, 3.05) is 18.4 Å². The maximum atomic E-state index is 11.9. The molecule has 1 saturated heterocycles. The van der Waals surface area contributed by atoms with Crippen LogP contribution in [0.25, 0.3) is 0 Å². The fourth-order valence-electron chi connectivity index (χ4n) is 2.24. The molecule has 0 unspecified atom stereocenters. The van der Waals surface area contributed by atoms with E-state index in [1.807, 2.05) is 52.0 Å². The van der Waals surface area contributed by atoms with Gasteiger partial charge in [-0.2, -0.15) is 5.26 Å². The molecule has 21 heavy (non-hydrogen) atoms. The van der Waals surface area contributed by atoms with Crippen LogP contribution in [-0.4, -0.2) is 35.2 Å². The average Bonchev–Trinajstić information content (AvgIpc) is 2.31. The number of carbonyl (C=O) groups is 1. The van der Waals surface area contributed by atoms with Crippen molar-refractivity contribution in [2.45, 2.75) is 38.8 Å². The SMILES string of the molecule is Cc1cccc(NC2(C#N)CN(C(=O)OC(C)(C)C)C2)c1. The summed E-state index contributed by atoms with van der Waals surface area (Å²) < 4.78 is 5.30. The first-order chi connectivity index (χ1) is 9.73. The Kier molecular flexibility index (Phi) is 3.82. The Bertz CT molecular complexity index is 578. The number of hydrogen-bond donors (Lipinski definition) is 1. The maximum absolute atomic E-state index is 11.9. The zero-order chi connectivity index (χ0) is 15.7. The third kappa shape index (κ3) is 3.66. The van der Waals surface area contributed by atoms with Crippen LogP contribution < -0.4 is 5.32 Å². The number of rotatable bonds is 2. The Hall–Kier alpha value is -2.22. The minimum absolute atomic E-state index is 0.326. The molecule has 5 nitrogen and oxygen atoms in total. The summed E-state index contributed by atoms with van der Waals surface area (Å²) in [4.78, 5) is 13.5. The molecule has 1 aromatic rings. The minimum atomic E-state index is -0.731. The van der Waals surface area contributed by atoms with Gasteiger partial charge in [0.1, 0.15) is 5.60 Å². The van der Waals surface area contributed by atoms with Gasteiger partial charge in [-0.25, -0.2) is 4.79 Å². The molecule has 1 heterocycles. The van der Waals surface area contributed by atoms with Crippen LogP contribution in [0.3, 0.4) is 0 Å². The zero-order valence-corrected chi connectivity index (χ0v) is 12.9. The lowest BCUT2D eigenvalue weighted by Crippen LogP contribution is -2.67. The number of likely N-dealkylation sites (tertiary alicyclic amines) is 1. The molecular weight excluding hydrogens is 266 g/mol. The van der Waals surface area contributed by atoms with E-state index in [-0.39, 0.29) is 6.09 Å². The smallest absolute Gasteiger partial charge is 0.410 e. The van der Waals surface area contributed by atoms with Gasteiger partial charge in [0.25, 0.3) is 0 Å². The molecule has 1 aliphatic rings. The van der Waals surface area contributed by atoms with Crippen molar-refractivity contribution in [1.82, 2.24) is 4.90 Å². The summed E-state index contributed by atoms with van der Waals surface area (Å²) >= 11 is 0. The molecule has 2 rings (SSSR count). The lowest BCUT2D eigenvalue weighted by Gasteiger charge is -2.46. The second-order valence-electron chi connectivity index (χ2n) is 6.52. The van der Waals surface area contributed by atoms with Crippen molar-refractivity contribution in [1.29, 1.82) is 5.26 Å². The number of ether oxygens (including phenoxy) is 1. The highest BCUT2D eigenvalue weighted by Gasteiger charge is 2.47. The van der Waals surface area contributed by atoms with Crippen molar-refractivity contribution < 1.29 is 9.53 Å². The first-order valence-electron chi connectivity index (χ1n) is 6.97. The molecule has 0 aliphatic carbocycles. The highest BCUT2D eigenvalue weighted by Crippen LogP contribution is 2.27. The number of aryl methyl sites for hydroxylation is 1. The Morgan fingerprint density at radius 2 is 2.10 bits per heavy atom. The van der Waals surface area contributed by atoms with Gasteiger partial charge in [-0.05, 0) is 45.4 Å². The highest BCUT2D eigenvalue weighted by atomic mass is 16.6. The molecule has 1 aromatic carbocycles. The molecule has 0 radical (unpaired) electrons. The lowest BCUT2D eigenvalue weighted by molar-refractivity contribution is 0.00356. The van der Waals surface area contributed by atoms with E-state index in [9.17, 15) is 10.1 Å². The zero-order valence-electron chi connectivity index (χ0n) is 12.9. The Labute approximate surface area is 125 Å². The van der Waals surface area contributed by atoms with Crippen LogP contribution in [0.5, 0.6) is 0 Å². The molecule has 112 valence electrons. The average molecular weight is 287 g/mol. The molecule has 1 N–H and O–H groups in total. The van der Waals surface area contributed by atoms with Crippen molar-refractivity contribution >= 4 is 11.8 Å². The number of amides is 1. The van der Waals surface area contributed by atoms with Crippen LogP contribution in [0.1, 0.15) is 26.3 Å². The summed E-state index contributed by atoms with van der Waals surface area (Å²) in [5, 5.41) is 12.6. The van der Waals surface area contributed by atoms with Crippen LogP contribution in [0.4, 0.5) is 10.5 Å². The van der Waals surface area contributed by atoms with Gasteiger partial charge in [-0.3, -0.25) is 0 Å². The minimum Gasteiger partial charge on any atom is -0.444 e. The summed E-state index contributed by atoms with van der Waals surface area (Å²) in [5.74, 6) is 0. The van der Waals surface area contributed by atoms with Crippen molar-refractivity contribution in [3.05, 3.63) is 29.8 Å². The number of anilines is 1. The molecule has 0 spiro atoms. The quantitative estimate of drug-likeness (QED) is 0.908. The maximum Gasteiger partial charge on any atom is 0.410 e. The van der Waals surface area contributed by atoms with Gasteiger partial charge >= 0.3 is 6.09 Å². The summed E-state index contributed by atoms with van der Waals surface area (Å²) in [6.07, 6.45) is -0.376. The standard InChI is InChI=1S/C16H21N3O2/c1-12-6-5-7-13(8-12)18-16(9-17)10-19(11-16)14(20)21-15(2,3)4/h5-8,18H,10-11H2,1-4H3. The van der Waals surface area contributed by atoms with E-state index in [0.29, 0.717) is 13.1 Å². The molecule has 0 saturated carbocycles. The largest absolute Gasteiger partial charge is 0.444 e. The Morgan fingerprint density at radius 3 is 2.62 bits per heavy atom. The third-order valence-electron chi connectivity index (χ3n) is 3.19. The molecule has 1 amide bonds. The van der Waals surface area contributed by atoms with Gasteiger partial charge < -0.3 is 15.0 Å². The van der Waals surface area contributed by atoms with Crippen LogP contribution in [0, 0.1) is 18.3 Å². The van der Waals surface area contributed by atoms with Crippen LogP contribution >= 0.6 is 0 Å². The van der Waals surface area contributed by atoms with Gasteiger partial charge in [-0.1, -0.05) is 12.1 Å². The molecule has 0 aromatic heterocycles. The number of hydrogen-bond acceptors (Lipinski definition) is 4. The second kappa shape index (κ2) is 5.28. The Morgan fingerprint density at radius 1 is 1.43 bits per heavy atom. The molecular formula is C16H21N3O2. The third-order valence-corrected chi connectivity index (χ3v) is 3.19. The molecule has 0 atom stereocenters. The van der Waals surface area contributed by atoms with E-state index >= 15 is 0 Å². The van der Waals surface area contributed by atoms with E-state index < -0.39 is 11.1 Å². The number of carbonyl (C=O) groups excluding carboxylic acids is 1. The van der Waals surface area contributed by atoms with Gasteiger partial charge in [0.2, 0.25) is 0 Å². The monoisotopic (exact) mass is 287 g/mol. The fraction of sp³-hybridized carbons (Fsp3) is 0.500. The second-order valence-corrected chi connectivity index (χ2v) is 6.52. The highest BCUT2D eigenvalue weighted by molar-refractivity contribution is 5.71. The van der Waals surface area contributed by atoms with E-state index in [4.69, 9.17) is 4.74 Å². The number of nitrogens with one attached hydrogen (secondary N) is 1. The van der Waals surface area contributed by atoms with Crippen LogP contribution in [0.15, 0.2) is 24.3 Å². The molecule has 5 heteroatoms. The fourth-order valence-corrected chi connectivity index (χ4v) is 2.24. The molecule has 1 fully saturated rings.